The Bertz CT molecular complexity index is 801. The maximum absolute atomic E-state index is 12.3. The third-order valence-electron chi connectivity index (χ3n) is 5.02. The summed E-state index contributed by atoms with van der Waals surface area (Å²) >= 11 is 13.6. The van der Waals surface area contributed by atoms with Crippen molar-refractivity contribution in [2.24, 2.45) is 22.9 Å². The number of hydrogen-bond acceptors (Lipinski definition) is 3. The summed E-state index contributed by atoms with van der Waals surface area (Å²) in [5.41, 5.74) is 2.63. The van der Waals surface area contributed by atoms with E-state index in [1.54, 1.807) is 6.07 Å². The van der Waals surface area contributed by atoms with Crippen molar-refractivity contribution in [3.8, 4) is 0 Å². The van der Waals surface area contributed by atoms with Gasteiger partial charge in [-0.25, -0.2) is 5.43 Å². The number of thiophene rings is 1. The molecule has 3 nitrogen and oxygen atoms in total. The first-order valence-electron chi connectivity index (χ1n) is 7.83. The van der Waals surface area contributed by atoms with Gasteiger partial charge in [0.2, 0.25) is 0 Å². The fourth-order valence-electron chi connectivity index (χ4n) is 3.90. The number of carbonyl (C=O) groups excluding carboxylic acids is 1. The van der Waals surface area contributed by atoms with E-state index >= 15 is 0 Å². The van der Waals surface area contributed by atoms with E-state index in [4.69, 9.17) is 23.2 Å². The van der Waals surface area contributed by atoms with Gasteiger partial charge in [-0.2, -0.15) is 5.10 Å². The van der Waals surface area contributed by atoms with Crippen LogP contribution in [0.1, 0.15) is 35.4 Å². The molecular weight excluding hydrogens is 351 g/mol. The molecule has 1 amide bonds. The number of hydrazone groups is 1. The van der Waals surface area contributed by atoms with Gasteiger partial charge in [-0.3, -0.25) is 4.79 Å². The lowest BCUT2D eigenvalue weighted by molar-refractivity contribution is 0.0959. The predicted octanol–water partition coefficient (Wildman–Crippen LogP) is 5.36. The Hall–Kier alpha value is -1.10. The van der Waals surface area contributed by atoms with Crippen LogP contribution >= 0.6 is 34.5 Å². The molecule has 1 N–H and O–H groups in total. The Morgan fingerprint density at radius 1 is 1.30 bits per heavy atom. The Morgan fingerprint density at radius 2 is 2.17 bits per heavy atom. The van der Waals surface area contributed by atoms with E-state index in [1.807, 2.05) is 18.3 Å². The van der Waals surface area contributed by atoms with Gasteiger partial charge < -0.3 is 0 Å². The molecule has 3 atom stereocenters. The maximum Gasteiger partial charge on any atom is 0.282 e. The summed E-state index contributed by atoms with van der Waals surface area (Å²) < 4.78 is 0.907. The topological polar surface area (TPSA) is 41.5 Å². The first kappa shape index (κ1) is 15.4. The van der Waals surface area contributed by atoms with Crippen LogP contribution in [0.15, 0.2) is 23.3 Å². The van der Waals surface area contributed by atoms with Crippen molar-refractivity contribution in [1.29, 1.82) is 0 Å². The summed E-state index contributed by atoms with van der Waals surface area (Å²) in [7, 11) is 0. The predicted molar refractivity (Wildman–Crippen MR) is 96.7 cm³/mol. The SMILES string of the molecule is O=C(N/N=C\[C@@H]1C[C@H]2CC[C@H]1C2)c1sc2cc(Cl)ccc2c1Cl. The summed E-state index contributed by atoms with van der Waals surface area (Å²) in [6.07, 6.45) is 7.12. The smallest absolute Gasteiger partial charge is 0.266 e. The van der Waals surface area contributed by atoms with Gasteiger partial charge in [-0.15, -0.1) is 11.3 Å². The van der Waals surface area contributed by atoms with Crippen LogP contribution in [0.4, 0.5) is 0 Å². The quantitative estimate of drug-likeness (QED) is 0.576. The zero-order valence-corrected chi connectivity index (χ0v) is 14.7. The molecule has 1 heterocycles. The second-order valence-corrected chi connectivity index (χ2v) is 8.31. The maximum atomic E-state index is 12.3. The molecule has 2 aliphatic rings. The molecule has 0 spiro atoms. The molecule has 1 aromatic carbocycles. The molecule has 2 aliphatic carbocycles. The van der Waals surface area contributed by atoms with E-state index in [9.17, 15) is 4.79 Å². The van der Waals surface area contributed by atoms with Crippen LogP contribution in [0.3, 0.4) is 0 Å². The fourth-order valence-corrected chi connectivity index (χ4v) is 5.59. The summed E-state index contributed by atoms with van der Waals surface area (Å²) in [5, 5.41) is 6.13. The number of fused-ring (bicyclic) bond motifs is 3. The van der Waals surface area contributed by atoms with Crippen LogP contribution in [-0.4, -0.2) is 12.1 Å². The lowest BCUT2D eigenvalue weighted by Gasteiger charge is -2.16. The third-order valence-corrected chi connectivity index (χ3v) is 6.91. The summed E-state index contributed by atoms with van der Waals surface area (Å²) in [6.45, 7) is 0. The van der Waals surface area contributed by atoms with Crippen molar-refractivity contribution in [1.82, 2.24) is 5.43 Å². The van der Waals surface area contributed by atoms with Gasteiger partial charge in [-0.05, 0) is 49.1 Å². The van der Waals surface area contributed by atoms with Crippen molar-refractivity contribution in [2.45, 2.75) is 25.7 Å². The molecular formula is C17H16Cl2N2OS. The number of benzene rings is 1. The summed E-state index contributed by atoms with van der Waals surface area (Å²) in [4.78, 5) is 12.8. The molecule has 23 heavy (non-hydrogen) atoms. The van der Waals surface area contributed by atoms with Crippen LogP contribution in [-0.2, 0) is 0 Å². The normalized spacial score (nSPS) is 26.4. The monoisotopic (exact) mass is 366 g/mol. The number of rotatable bonds is 3. The number of nitrogens with zero attached hydrogens (tertiary/aromatic N) is 1. The molecule has 120 valence electrons. The molecule has 2 saturated carbocycles. The highest BCUT2D eigenvalue weighted by Gasteiger charge is 2.38. The number of carbonyl (C=O) groups is 1. The fraction of sp³-hybridized carbons (Fsp3) is 0.412. The van der Waals surface area contributed by atoms with E-state index in [1.165, 1.54) is 37.0 Å². The van der Waals surface area contributed by atoms with Crippen molar-refractivity contribution >= 4 is 56.7 Å². The Kier molecular flexibility index (Phi) is 4.08. The molecule has 2 aromatic rings. The standard InChI is InChI=1S/C17H16Cl2N2OS/c18-12-3-4-13-14(7-12)23-16(15(13)19)17(22)21-20-8-11-6-9-1-2-10(11)5-9/h3-4,7-11H,1-2,5-6H2,(H,21,22)/b20-8-/t9-,10-,11-/m0/s1. The van der Waals surface area contributed by atoms with Crippen LogP contribution < -0.4 is 5.43 Å². The van der Waals surface area contributed by atoms with Gasteiger partial charge in [0.05, 0.1) is 5.02 Å². The summed E-state index contributed by atoms with van der Waals surface area (Å²) in [6, 6.07) is 5.44. The zero-order chi connectivity index (χ0) is 16.0. The molecule has 1 aromatic heterocycles. The van der Waals surface area contributed by atoms with Gasteiger partial charge >= 0.3 is 0 Å². The molecule has 0 aliphatic heterocycles. The highest BCUT2D eigenvalue weighted by molar-refractivity contribution is 7.21. The average molecular weight is 367 g/mol. The second kappa shape index (κ2) is 6.08. The largest absolute Gasteiger partial charge is 0.282 e. The van der Waals surface area contributed by atoms with Crippen LogP contribution in [0.25, 0.3) is 10.1 Å². The van der Waals surface area contributed by atoms with Crippen molar-refractivity contribution < 1.29 is 4.79 Å². The van der Waals surface area contributed by atoms with Gasteiger partial charge in [0.25, 0.3) is 5.91 Å². The number of amides is 1. The molecule has 2 fully saturated rings. The minimum atomic E-state index is -0.258. The number of halogens is 2. The number of nitrogens with one attached hydrogen (secondary N) is 1. The zero-order valence-electron chi connectivity index (χ0n) is 12.4. The highest BCUT2D eigenvalue weighted by Crippen LogP contribution is 2.47. The molecule has 0 radical (unpaired) electrons. The minimum absolute atomic E-state index is 0.258. The van der Waals surface area contributed by atoms with E-state index in [2.05, 4.69) is 10.5 Å². The average Bonchev–Trinajstić information content (AvgIpc) is 3.22. The van der Waals surface area contributed by atoms with Crippen molar-refractivity contribution in [3.63, 3.8) is 0 Å². The van der Waals surface area contributed by atoms with Gasteiger partial charge in [0, 0.05) is 21.3 Å². The molecule has 0 unspecified atom stereocenters. The first-order chi connectivity index (χ1) is 11.1. The van der Waals surface area contributed by atoms with E-state index in [0.29, 0.717) is 20.8 Å². The highest BCUT2D eigenvalue weighted by atomic mass is 35.5. The third kappa shape index (κ3) is 2.88. The van der Waals surface area contributed by atoms with Gasteiger partial charge in [0.1, 0.15) is 4.88 Å². The molecule has 6 heteroatoms. The van der Waals surface area contributed by atoms with Gasteiger partial charge in [0.15, 0.2) is 0 Å². The minimum Gasteiger partial charge on any atom is -0.266 e. The van der Waals surface area contributed by atoms with Crippen LogP contribution in [0, 0.1) is 17.8 Å². The Morgan fingerprint density at radius 3 is 2.91 bits per heavy atom. The van der Waals surface area contributed by atoms with Crippen LogP contribution in [0.2, 0.25) is 10.0 Å². The van der Waals surface area contributed by atoms with Crippen molar-refractivity contribution in [2.75, 3.05) is 0 Å². The summed E-state index contributed by atoms with van der Waals surface area (Å²) in [5.74, 6) is 1.89. The van der Waals surface area contributed by atoms with E-state index < -0.39 is 0 Å². The Labute approximate surface area is 148 Å². The lowest BCUT2D eigenvalue weighted by atomic mass is 9.90. The lowest BCUT2D eigenvalue weighted by Crippen LogP contribution is -2.19. The number of hydrogen-bond donors (Lipinski definition) is 1. The van der Waals surface area contributed by atoms with E-state index in [-0.39, 0.29) is 5.91 Å². The first-order valence-corrected chi connectivity index (χ1v) is 9.40. The molecule has 0 saturated heterocycles. The Balaban J connectivity index is 1.48. The molecule has 2 bridgehead atoms. The van der Waals surface area contributed by atoms with Crippen LogP contribution in [0.5, 0.6) is 0 Å². The molecule has 4 rings (SSSR count). The van der Waals surface area contributed by atoms with Crippen molar-refractivity contribution in [3.05, 3.63) is 33.1 Å². The second-order valence-electron chi connectivity index (χ2n) is 6.44. The van der Waals surface area contributed by atoms with E-state index in [0.717, 1.165) is 21.9 Å². The van der Waals surface area contributed by atoms with Gasteiger partial charge in [-0.1, -0.05) is 35.7 Å².